The Hall–Kier alpha value is -3.75. The van der Waals surface area contributed by atoms with E-state index in [1.165, 1.54) is 31.3 Å². The standard InChI is InChI=1S/C21H21FN4O4/c1-3-21(14-6-8-15(22)9-7-14)19(29)26(20(30)25-21)12-17(27)24-16-10-4-13(5-11-16)18(28)23-2/h4-11H,3,12H2,1-2H3,(H,23,28)(H,24,27)(H,25,30)/t21-/m0/s1. The summed E-state index contributed by atoms with van der Waals surface area (Å²) in [6.07, 6.45) is 0.238. The van der Waals surface area contributed by atoms with Crippen LogP contribution in [0, 0.1) is 5.82 Å². The van der Waals surface area contributed by atoms with Crippen LogP contribution in [-0.4, -0.2) is 42.2 Å². The molecule has 2 aromatic carbocycles. The van der Waals surface area contributed by atoms with E-state index in [1.54, 1.807) is 31.2 Å². The van der Waals surface area contributed by atoms with Gasteiger partial charge in [0.25, 0.3) is 11.8 Å². The second-order valence-corrected chi connectivity index (χ2v) is 6.79. The van der Waals surface area contributed by atoms with Crippen molar-refractivity contribution in [1.82, 2.24) is 15.5 Å². The van der Waals surface area contributed by atoms with Gasteiger partial charge < -0.3 is 16.0 Å². The molecular weight excluding hydrogens is 391 g/mol. The van der Waals surface area contributed by atoms with Crippen molar-refractivity contribution >= 4 is 29.4 Å². The molecule has 1 aliphatic rings. The molecule has 2 aromatic rings. The molecule has 0 aromatic heterocycles. The van der Waals surface area contributed by atoms with Gasteiger partial charge in [-0.1, -0.05) is 19.1 Å². The van der Waals surface area contributed by atoms with Crippen LogP contribution in [0.15, 0.2) is 48.5 Å². The largest absolute Gasteiger partial charge is 0.355 e. The Labute approximate surface area is 172 Å². The quantitative estimate of drug-likeness (QED) is 0.631. The highest BCUT2D eigenvalue weighted by atomic mass is 19.1. The number of nitrogens with one attached hydrogen (secondary N) is 3. The van der Waals surface area contributed by atoms with E-state index in [1.807, 2.05) is 0 Å². The van der Waals surface area contributed by atoms with Crippen LogP contribution in [0.3, 0.4) is 0 Å². The van der Waals surface area contributed by atoms with Crippen molar-refractivity contribution in [3.05, 3.63) is 65.5 Å². The molecule has 0 aliphatic carbocycles. The second kappa shape index (κ2) is 8.32. The summed E-state index contributed by atoms with van der Waals surface area (Å²) in [5.74, 6) is -1.87. The third kappa shape index (κ3) is 3.86. The number of halogens is 1. The summed E-state index contributed by atoms with van der Waals surface area (Å²) in [6, 6.07) is 10.8. The summed E-state index contributed by atoms with van der Waals surface area (Å²) < 4.78 is 13.3. The number of hydrogen-bond acceptors (Lipinski definition) is 4. The van der Waals surface area contributed by atoms with Gasteiger partial charge in [-0.15, -0.1) is 0 Å². The fourth-order valence-corrected chi connectivity index (χ4v) is 3.34. The number of benzene rings is 2. The normalized spacial score (nSPS) is 18.2. The lowest BCUT2D eigenvalue weighted by molar-refractivity contribution is -0.134. The molecule has 30 heavy (non-hydrogen) atoms. The summed E-state index contributed by atoms with van der Waals surface area (Å²) >= 11 is 0. The number of anilines is 1. The number of hydrogen-bond donors (Lipinski definition) is 3. The van der Waals surface area contributed by atoms with Crippen molar-refractivity contribution in [2.75, 3.05) is 18.9 Å². The van der Waals surface area contributed by atoms with Crippen LogP contribution in [0.2, 0.25) is 0 Å². The fraction of sp³-hybridized carbons (Fsp3) is 0.238. The van der Waals surface area contributed by atoms with Gasteiger partial charge in [0.1, 0.15) is 17.9 Å². The average Bonchev–Trinajstić information content (AvgIpc) is 2.99. The Balaban J connectivity index is 1.72. The van der Waals surface area contributed by atoms with Crippen molar-refractivity contribution in [3.8, 4) is 0 Å². The first-order chi connectivity index (χ1) is 14.3. The average molecular weight is 412 g/mol. The predicted octanol–water partition coefficient (Wildman–Crippen LogP) is 1.98. The third-order valence-corrected chi connectivity index (χ3v) is 5.00. The molecule has 1 saturated heterocycles. The molecule has 156 valence electrons. The van der Waals surface area contributed by atoms with E-state index in [0.717, 1.165) is 4.90 Å². The van der Waals surface area contributed by atoms with E-state index in [0.29, 0.717) is 16.8 Å². The highest BCUT2D eigenvalue weighted by Crippen LogP contribution is 2.32. The minimum atomic E-state index is -1.35. The first-order valence-electron chi connectivity index (χ1n) is 9.33. The number of carbonyl (C=O) groups is 4. The first-order valence-corrected chi connectivity index (χ1v) is 9.33. The van der Waals surface area contributed by atoms with Gasteiger partial charge in [0.2, 0.25) is 5.91 Å². The molecule has 1 aliphatic heterocycles. The monoisotopic (exact) mass is 412 g/mol. The molecule has 1 heterocycles. The molecule has 3 N–H and O–H groups in total. The van der Waals surface area contributed by atoms with Crippen LogP contribution in [0.1, 0.15) is 29.3 Å². The van der Waals surface area contributed by atoms with Gasteiger partial charge in [-0.05, 0) is 48.4 Å². The Bertz CT molecular complexity index is 991. The van der Waals surface area contributed by atoms with Crippen molar-refractivity contribution in [2.24, 2.45) is 0 Å². The molecule has 5 amide bonds. The summed E-state index contributed by atoms with van der Waals surface area (Å²) in [6.45, 7) is 1.24. The fourth-order valence-electron chi connectivity index (χ4n) is 3.34. The molecule has 0 spiro atoms. The minimum Gasteiger partial charge on any atom is -0.355 e. The van der Waals surface area contributed by atoms with Crippen LogP contribution in [0.25, 0.3) is 0 Å². The van der Waals surface area contributed by atoms with E-state index < -0.39 is 35.7 Å². The molecule has 9 heteroatoms. The van der Waals surface area contributed by atoms with Crippen molar-refractivity contribution < 1.29 is 23.6 Å². The number of urea groups is 1. The zero-order chi connectivity index (χ0) is 21.9. The molecular formula is C21H21FN4O4. The Morgan fingerprint density at radius 1 is 1.07 bits per heavy atom. The maximum atomic E-state index is 13.3. The van der Waals surface area contributed by atoms with Gasteiger partial charge >= 0.3 is 6.03 Å². The zero-order valence-electron chi connectivity index (χ0n) is 16.5. The highest BCUT2D eigenvalue weighted by Gasteiger charge is 2.51. The van der Waals surface area contributed by atoms with Crippen molar-refractivity contribution in [2.45, 2.75) is 18.9 Å². The number of rotatable bonds is 6. The van der Waals surface area contributed by atoms with E-state index in [-0.39, 0.29) is 12.3 Å². The Kier molecular flexibility index (Phi) is 5.81. The zero-order valence-corrected chi connectivity index (χ0v) is 16.5. The number of carbonyl (C=O) groups excluding carboxylic acids is 4. The predicted molar refractivity (Wildman–Crippen MR) is 107 cm³/mol. The minimum absolute atomic E-state index is 0.238. The van der Waals surface area contributed by atoms with Crippen LogP contribution < -0.4 is 16.0 Å². The van der Waals surface area contributed by atoms with Gasteiger partial charge in [0.05, 0.1) is 0 Å². The van der Waals surface area contributed by atoms with Gasteiger partial charge in [0.15, 0.2) is 0 Å². The summed E-state index contributed by atoms with van der Waals surface area (Å²) in [7, 11) is 1.51. The summed E-state index contributed by atoms with van der Waals surface area (Å²) in [5.41, 5.74) is -0.0608. The molecule has 8 nitrogen and oxygen atoms in total. The van der Waals surface area contributed by atoms with Crippen LogP contribution >= 0.6 is 0 Å². The van der Waals surface area contributed by atoms with Crippen LogP contribution in [0.4, 0.5) is 14.9 Å². The molecule has 1 atom stereocenters. The molecule has 0 unspecified atom stereocenters. The second-order valence-electron chi connectivity index (χ2n) is 6.79. The van der Waals surface area contributed by atoms with Crippen molar-refractivity contribution in [1.29, 1.82) is 0 Å². The topological polar surface area (TPSA) is 108 Å². The smallest absolute Gasteiger partial charge is 0.325 e. The molecule has 0 saturated carbocycles. The van der Waals surface area contributed by atoms with E-state index in [9.17, 15) is 23.6 Å². The number of nitrogens with zero attached hydrogens (tertiary/aromatic N) is 1. The first kappa shape index (κ1) is 21.0. The summed E-state index contributed by atoms with van der Waals surface area (Å²) in [5, 5.41) is 7.72. The lowest BCUT2D eigenvalue weighted by Crippen LogP contribution is -2.44. The molecule has 1 fully saturated rings. The highest BCUT2D eigenvalue weighted by molar-refractivity contribution is 6.10. The SMILES string of the molecule is CC[C@@]1(c2ccc(F)cc2)NC(=O)N(CC(=O)Nc2ccc(C(=O)NC)cc2)C1=O. The van der Waals surface area contributed by atoms with E-state index in [2.05, 4.69) is 16.0 Å². The molecule has 3 rings (SSSR count). The van der Waals surface area contributed by atoms with Crippen LogP contribution in [0.5, 0.6) is 0 Å². The molecule has 0 bridgehead atoms. The van der Waals surface area contributed by atoms with Gasteiger partial charge in [-0.3, -0.25) is 19.3 Å². The van der Waals surface area contributed by atoms with Crippen molar-refractivity contribution in [3.63, 3.8) is 0 Å². The van der Waals surface area contributed by atoms with E-state index >= 15 is 0 Å². The maximum absolute atomic E-state index is 13.3. The van der Waals surface area contributed by atoms with Gasteiger partial charge in [0, 0.05) is 18.3 Å². The number of imide groups is 1. The lowest BCUT2D eigenvalue weighted by Gasteiger charge is -2.25. The number of amides is 5. The Morgan fingerprint density at radius 2 is 1.70 bits per heavy atom. The Morgan fingerprint density at radius 3 is 2.27 bits per heavy atom. The third-order valence-electron chi connectivity index (χ3n) is 5.00. The van der Waals surface area contributed by atoms with Gasteiger partial charge in [-0.2, -0.15) is 0 Å². The van der Waals surface area contributed by atoms with E-state index in [4.69, 9.17) is 0 Å². The lowest BCUT2D eigenvalue weighted by atomic mass is 9.87. The van der Waals surface area contributed by atoms with Crippen LogP contribution in [-0.2, 0) is 15.1 Å². The maximum Gasteiger partial charge on any atom is 0.325 e. The molecule has 0 radical (unpaired) electrons. The van der Waals surface area contributed by atoms with Gasteiger partial charge in [-0.25, -0.2) is 9.18 Å². The summed E-state index contributed by atoms with van der Waals surface area (Å²) in [4.78, 5) is 50.3.